The monoisotopic (exact) mass is 743 g/mol. The van der Waals surface area contributed by atoms with Crippen molar-refractivity contribution in [2.45, 2.75) is 34.6 Å². The van der Waals surface area contributed by atoms with E-state index in [1.165, 1.54) is 12.1 Å². The van der Waals surface area contributed by atoms with Crippen LogP contribution in [0.1, 0.15) is 40.7 Å². The highest BCUT2D eigenvalue weighted by atomic mass is 79.9. The highest BCUT2D eigenvalue weighted by Crippen LogP contribution is 2.65. The van der Waals surface area contributed by atoms with E-state index >= 15 is 4.39 Å². The van der Waals surface area contributed by atoms with Gasteiger partial charge in [0.1, 0.15) is 21.7 Å². The second-order valence-corrected chi connectivity index (χ2v) is 13.2. The number of hydrogen-bond acceptors (Lipinski definition) is 3. The Kier molecular flexibility index (Phi) is 9.84. The Morgan fingerprint density at radius 2 is 1.61 bits per heavy atom. The molecule has 0 heterocycles. The predicted molar refractivity (Wildman–Crippen MR) is 158 cm³/mol. The van der Waals surface area contributed by atoms with Crippen LogP contribution in [-0.2, 0) is 15.8 Å². The van der Waals surface area contributed by atoms with Crippen LogP contribution in [0.25, 0.3) is 0 Å². The first kappa shape index (κ1) is 33.9. The molecule has 6 nitrogen and oxygen atoms in total. The summed E-state index contributed by atoms with van der Waals surface area (Å²) >= 11 is 21.7. The number of alkyl halides is 6. The van der Waals surface area contributed by atoms with Crippen molar-refractivity contribution >= 4 is 85.5 Å². The maximum atomic E-state index is 15.0. The van der Waals surface area contributed by atoms with E-state index < -0.39 is 74.5 Å². The van der Waals surface area contributed by atoms with Crippen molar-refractivity contribution in [2.24, 2.45) is 5.92 Å². The largest absolute Gasteiger partial charge is 0.419 e. The molecule has 3 aromatic rings. The van der Waals surface area contributed by atoms with Crippen LogP contribution >= 0.6 is 50.7 Å². The molecule has 16 heteroatoms. The Balaban J connectivity index is 1.51. The van der Waals surface area contributed by atoms with Gasteiger partial charge < -0.3 is 16.0 Å². The van der Waals surface area contributed by atoms with Crippen molar-refractivity contribution in [2.75, 3.05) is 16.0 Å². The lowest BCUT2D eigenvalue weighted by Gasteiger charge is -2.14. The van der Waals surface area contributed by atoms with Crippen molar-refractivity contribution in [1.29, 1.82) is 0 Å². The molecule has 1 aliphatic carbocycles. The third-order valence-electron chi connectivity index (χ3n) is 6.54. The van der Waals surface area contributed by atoms with Crippen LogP contribution in [0, 0.1) is 23.4 Å². The SMILES string of the molecule is CC(Br)CC(=O)Nc1c(F)ccc(NC(=O)c2cc(NC(=O)[C@H]3[C@H](c4ccc(F)c(C(F)(F)F)c4)C3(Cl)Cl)ccc2Cl)c1F. The molecule has 4 rings (SSSR count). The number of benzene rings is 3. The van der Waals surface area contributed by atoms with Gasteiger partial charge in [-0.3, -0.25) is 14.4 Å². The van der Waals surface area contributed by atoms with Gasteiger partial charge in [-0.05, 0) is 48.0 Å². The zero-order valence-corrected chi connectivity index (χ0v) is 25.9. The molecule has 1 fully saturated rings. The predicted octanol–water partition coefficient (Wildman–Crippen LogP) is 8.67. The van der Waals surface area contributed by atoms with Gasteiger partial charge in [0.25, 0.3) is 5.91 Å². The summed E-state index contributed by atoms with van der Waals surface area (Å²) in [5, 5.41) is 6.67. The smallest absolute Gasteiger partial charge is 0.326 e. The molecule has 1 saturated carbocycles. The van der Waals surface area contributed by atoms with Crippen LogP contribution < -0.4 is 16.0 Å². The third kappa shape index (κ3) is 7.27. The van der Waals surface area contributed by atoms with Crippen molar-refractivity contribution in [3.63, 3.8) is 0 Å². The average molecular weight is 746 g/mol. The molecule has 0 bridgehead atoms. The van der Waals surface area contributed by atoms with Crippen LogP contribution in [0.3, 0.4) is 0 Å². The summed E-state index contributed by atoms with van der Waals surface area (Å²) in [7, 11) is 0. The second kappa shape index (κ2) is 12.8. The lowest BCUT2D eigenvalue weighted by Crippen LogP contribution is -2.19. The van der Waals surface area contributed by atoms with Crippen molar-refractivity contribution in [1.82, 2.24) is 0 Å². The van der Waals surface area contributed by atoms with Gasteiger partial charge >= 0.3 is 6.18 Å². The molecule has 0 aliphatic heterocycles. The summed E-state index contributed by atoms with van der Waals surface area (Å²) in [6, 6.07) is 7.59. The fourth-order valence-electron chi connectivity index (χ4n) is 4.42. The Morgan fingerprint density at radius 1 is 0.955 bits per heavy atom. The lowest BCUT2D eigenvalue weighted by atomic mass is 10.0. The molecule has 3 aromatic carbocycles. The topological polar surface area (TPSA) is 87.3 Å². The van der Waals surface area contributed by atoms with E-state index in [2.05, 4.69) is 31.9 Å². The summed E-state index contributed by atoms with van der Waals surface area (Å²) in [6.45, 7) is 1.66. The minimum absolute atomic E-state index is 0.00848. The molecule has 0 radical (unpaired) electrons. The molecular weight excluding hydrogens is 727 g/mol. The second-order valence-electron chi connectivity index (χ2n) is 9.82. The van der Waals surface area contributed by atoms with E-state index in [1.54, 1.807) is 6.92 Å². The minimum atomic E-state index is -4.99. The van der Waals surface area contributed by atoms with Crippen LogP contribution in [-0.4, -0.2) is 26.9 Å². The maximum Gasteiger partial charge on any atom is 0.419 e. The molecule has 3 atom stereocenters. The number of hydrogen-bond donors (Lipinski definition) is 3. The van der Waals surface area contributed by atoms with Gasteiger partial charge in [0.05, 0.1) is 27.8 Å². The fourth-order valence-corrected chi connectivity index (χ4v) is 5.74. The van der Waals surface area contributed by atoms with Crippen molar-refractivity contribution in [3.8, 4) is 0 Å². The fraction of sp³-hybridized carbons (Fsp3) is 0.250. The first-order valence-electron chi connectivity index (χ1n) is 12.5. The standard InChI is InChI=1S/C28H19BrCl3F6N3O3/c1-11(29)8-20(42)41-24-18(34)6-7-19(23(24)35)40-25(43)14-10-13(3-4-16(14)30)39-26(44)22-21(27(22,31)32)12-2-5-17(33)15(9-12)28(36,37)38/h2-7,9-11,21-22H,8H2,1H3,(H,39,44)(H,40,43)(H,41,42)/t11?,21-,22+/m0/s1. The van der Waals surface area contributed by atoms with Crippen LogP contribution in [0.2, 0.25) is 5.02 Å². The minimum Gasteiger partial charge on any atom is -0.326 e. The summed E-state index contributed by atoms with van der Waals surface area (Å²) < 4.78 is 80.8. The number of halogens is 10. The number of anilines is 3. The maximum absolute atomic E-state index is 15.0. The van der Waals surface area contributed by atoms with E-state index in [-0.39, 0.29) is 33.1 Å². The van der Waals surface area contributed by atoms with Crippen molar-refractivity contribution in [3.05, 3.63) is 87.7 Å². The van der Waals surface area contributed by atoms with Gasteiger partial charge in [-0.15, -0.1) is 23.2 Å². The Morgan fingerprint density at radius 3 is 2.25 bits per heavy atom. The summed E-state index contributed by atoms with van der Waals surface area (Å²) in [4.78, 5) is 37.8. The highest BCUT2D eigenvalue weighted by molar-refractivity contribution is 9.09. The Hall–Kier alpha value is -3.00. The molecule has 44 heavy (non-hydrogen) atoms. The van der Waals surface area contributed by atoms with Gasteiger partial charge in [-0.1, -0.05) is 40.5 Å². The zero-order valence-electron chi connectivity index (χ0n) is 22.1. The van der Waals surface area contributed by atoms with Gasteiger partial charge in [0.15, 0.2) is 5.82 Å². The third-order valence-corrected chi connectivity index (χ3v) is 8.13. The number of carbonyl (C=O) groups is 3. The van der Waals surface area contributed by atoms with Gasteiger partial charge in [-0.2, -0.15) is 13.2 Å². The molecule has 3 amide bonds. The Labute approximate surface area is 269 Å². The van der Waals surface area contributed by atoms with Gasteiger partial charge in [0.2, 0.25) is 11.8 Å². The first-order chi connectivity index (χ1) is 20.4. The zero-order chi connectivity index (χ0) is 32.7. The average Bonchev–Trinajstić information content (AvgIpc) is 3.50. The molecule has 3 N–H and O–H groups in total. The van der Waals surface area contributed by atoms with Gasteiger partial charge in [-0.25, -0.2) is 13.2 Å². The van der Waals surface area contributed by atoms with Crippen molar-refractivity contribution < 1.29 is 40.7 Å². The molecule has 1 aliphatic rings. The molecule has 0 spiro atoms. The number of amides is 3. The molecule has 0 aromatic heterocycles. The number of carbonyl (C=O) groups excluding carboxylic acids is 3. The quantitative estimate of drug-likeness (QED) is 0.159. The summed E-state index contributed by atoms with van der Waals surface area (Å²) in [5.41, 5.74) is -3.18. The molecule has 234 valence electrons. The molecular formula is C28H19BrCl3F6N3O3. The highest BCUT2D eigenvalue weighted by Gasteiger charge is 2.67. The summed E-state index contributed by atoms with van der Waals surface area (Å²) in [6.07, 6.45) is -5.08. The number of rotatable bonds is 8. The van der Waals surface area contributed by atoms with Crippen LogP contribution in [0.4, 0.5) is 43.4 Å². The summed E-state index contributed by atoms with van der Waals surface area (Å²) in [5.74, 6) is -8.69. The van der Waals surface area contributed by atoms with Gasteiger partial charge in [0, 0.05) is 22.9 Å². The first-order valence-corrected chi connectivity index (χ1v) is 14.5. The normalized spacial score (nSPS) is 17.9. The molecule has 1 unspecified atom stereocenters. The van der Waals surface area contributed by atoms with Crippen LogP contribution in [0.15, 0.2) is 48.5 Å². The lowest BCUT2D eigenvalue weighted by molar-refractivity contribution is -0.140. The molecule has 0 saturated heterocycles. The Bertz CT molecular complexity index is 1650. The number of nitrogens with one attached hydrogen (secondary N) is 3. The van der Waals surface area contributed by atoms with Crippen LogP contribution in [0.5, 0.6) is 0 Å². The van der Waals surface area contributed by atoms with E-state index in [1.807, 2.05) is 0 Å². The van der Waals surface area contributed by atoms with E-state index in [4.69, 9.17) is 34.8 Å². The van der Waals surface area contributed by atoms with E-state index in [0.29, 0.717) is 12.1 Å². The van der Waals surface area contributed by atoms with E-state index in [0.717, 1.165) is 24.3 Å². The van der Waals surface area contributed by atoms with E-state index in [9.17, 15) is 36.3 Å².